The van der Waals surface area contributed by atoms with Gasteiger partial charge in [0, 0.05) is 18.5 Å². The molecule has 20 heavy (non-hydrogen) atoms. The van der Waals surface area contributed by atoms with Gasteiger partial charge in [-0.3, -0.25) is 0 Å². The Labute approximate surface area is 124 Å². The van der Waals surface area contributed by atoms with Crippen molar-refractivity contribution in [3.63, 3.8) is 0 Å². The maximum Gasteiger partial charge on any atom is 0.00157 e. The smallest absolute Gasteiger partial charge is 0.00157 e. The van der Waals surface area contributed by atoms with E-state index < -0.39 is 0 Å². The summed E-state index contributed by atoms with van der Waals surface area (Å²) in [6, 6.07) is 11.3. The SMILES string of the molecule is CCC[C@@]1(c2ccccc2)CCN(CC2CC2)C[C@@H]1C. The van der Waals surface area contributed by atoms with E-state index in [9.17, 15) is 0 Å². The van der Waals surface area contributed by atoms with Gasteiger partial charge in [-0.25, -0.2) is 0 Å². The number of benzene rings is 1. The summed E-state index contributed by atoms with van der Waals surface area (Å²) >= 11 is 0. The Hall–Kier alpha value is -0.820. The first-order chi connectivity index (χ1) is 9.74. The van der Waals surface area contributed by atoms with Gasteiger partial charge in [-0.05, 0) is 49.6 Å². The van der Waals surface area contributed by atoms with E-state index in [1.807, 2.05) is 0 Å². The normalized spacial score (nSPS) is 31.4. The van der Waals surface area contributed by atoms with E-state index in [1.165, 1.54) is 51.7 Å². The Morgan fingerprint density at radius 1 is 1.20 bits per heavy atom. The molecule has 0 spiro atoms. The van der Waals surface area contributed by atoms with Crippen LogP contribution in [0.5, 0.6) is 0 Å². The summed E-state index contributed by atoms with van der Waals surface area (Å²) in [7, 11) is 0. The predicted octanol–water partition coefficient (Wildman–Crippen LogP) is 4.48. The fourth-order valence-corrected chi connectivity index (χ4v) is 4.25. The second kappa shape index (κ2) is 5.89. The molecule has 0 N–H and O–H groups in total. The maximum atomic E-state index is 2.74. The van der Waals surface area contributed by atoms with Gasteiger partial charge in [-0.1, -0.05) is 50.6 Å². The fourth-order valence-electron chi connectivity index (χ4n) is 4.25. The van der Waals surface area contributed by atoms with Gasteiger partial charge in [0.05, 0.1) is 0 Å². The van der Waals surface area contributed by atoms with Gasteiger partial charge >= 0.3 is 0 Å². The van der Waals surface area contributed by atoms with Gasteiger partial charge < -0.3 is 4.90 Å². The van der Waals surface area contributed by atoms with E-state index in [0.29, 0.717) is 5.41 Å². The third-order valence-corrected chi connectivity index (χ3v) is 5.61. The number of rotatable bonds is 5. The first kappa shape index (κ1) is 14.1. The van der Waals surface area contributed by atoms with Crippen LogP contribution in [0.4, 0.5) is 0 Å². The molecule has 0 unspecified atom stereocenters. The molecule has 1 heteroatoms. The van der Waals surface area contributed by atoms with Gasteiger partial charge in [-0.2, -0.15) is 0 Å². The lowest BCUT2D eigenvalue weighted by atomic mass is 9.64. The Morgan fingerprint density at radius 2 is 1.95 bits per heavy atom. The van der Waals surface area contributed by atoms with Crippen LogP contribution < -0.4 is 0 Å². The second-order valence-electron chi connectivity index (χ2n) is 7.13. The summed E-state index contributed by atoms with van der Waals surface area (Å²) < 4.78 is 0. The lowest BCUT2D eigenvalue weighted by Gasteiger charge is -2.47. The predicted molar refractivity (Wildman–Crippen MR) is 86.0 cm³/mol. The van der Waals surface area contributed by atoms with Crippen molar-refractivity contribution in [1.82, 2.24) is 4.90 Å². The summed E-state index contributed by atoms with van der Waals surface area (Å²) in [5.41, 5.74) is 2.01. The molecule has 2 fully saturated rings. The van der Waals surface area contributed by atoms with E-state index >= 15 is 0 Å². The molecule has 110 valence electrons. The molecule has 1 heterocycles. The van der Waals surface area contributed by atoms with Gasteiger partial charge in [0.1, 0.15) is 0 Å². The van der Waals surface area contributed by atoms with Crippen LogP contribution in [-0.4, -0.2) is 24.5 Å². The highest BCUT2D eigenvalue weighted by Gasteiger charge is 2.41. The molecule has 0 aromatic heterocycles. The highest BCUT2D eigenvalue weighted by molar-refractivity contribution is 5.27. The van der Waals surface area contributed by atoms with E-state index in [2.05, 4.69) is 49.1 Å². The second-order valence-corrected chi connectivity index (χ2v) is 7.13. The summed E-state index contributed by atoms with van der Waals surface area (Å²) in [6.45, 7) is 8.79. The highest BCUT2D eigenvalue weighted by atomic mass is 15.1. The molecule has 1 aliphatic heterocycles. The van der Waals surface area contributed by atoms with Crippen molar-refractivity contribution >= 4 is 0 Å². The Balaban J connectivity index is 1.77. The molecule has 1 saturated carbocycles. The minimum absolute atomic E-state index is 0.427. The molecular formula is C19H29N. The number of piperidine rings is 1. The standard InChI is InChI=1S/C19H29N/c1-3-11-19(18-7-5-4-6-8-18)12-13-20(14-16(19)2)15-17-9-10-17/h4-8,16-17H,3,9-15H2,1-2H3/t16-,19+/m0/s1. The fraction of sp³-hybridized carbons (Fsp3) is 0.684. The molecule has 1 nitrogen and oxygen atoms in total. The molecule has 0 radical (unpaired) electrons. The van der Waals surface area contributed by atoms with Crippen LogP contribution in [0.1, 0.15) is 51.5 Å². The minimum atomic E-state index is 0.427. The van der Waals surface area contributed by atoms with Crippen molar-refractivity contribution in [3.05, 3.63) is 35.9 Å². The van der Waals surface area contributed by atoms with Gasteiger partial charge in [-0.15, -0.1) is 0 Å². The first-order valence-corrected chi connectivity index (χ1v) is 8.52. The summed E-state index contributed by atoms with van der Waals surface area (Å²) in [5.74, 6) is 1.80. The van der Waals surface area contributed by atoms with E-state index in [0.717, 1.165) is 11.8 Å². The molecule has 3 rings (SSSR count). The third-order valence-electron chi connectivity index (χ3n) is 5.61. The van der Waals surface area contributed by atoms with Crippen molar-refractivity contribution in [3.8, 4) is 0 Å². The van der Waals surface area contributed by atoms with Crippen LogP contribution >= 0.6 is 0 Å². The highest BCUT2D eigenvalue weighted by Crippen LogP contribution is 2.44. The molecule has 0 amide bonds. The Bertz CT molecular complexity index is 423. The zero-order valence-corrected chi connectivity index (χ0v) is 13.1. The zero-order chi connectivity index (χ0) is 14.0. The number of hydrogen-bond acceptors (Lipinski definition) is 1. The van der Waals surface area contributed by atoms with Crippen LogP contribution in [0.15, 0.2) is 30.3 Å². The summed E-state index contributed by atoms with van der Waals surface area (Å²) in [5, 5.41) is 0. The Kier molecular flexibility index (Phi) is 4.16. The van der Waals surface area contributed by atoms with Crippen LogP contribution in [-0.2, 0) is 5.41 Å². The molecular weight excluding hydrogens is 242 g/mol. The van der Waals surface area contributed by atoms with Crippen molar-refractivity contribution in [2.75, 3.05) is 19.6 Å². The Morgan fingerprint density at radius 3 is 2.55 bits per heavy atom. The van der Waals surface area contributed by atoms with Crippen LogP contribution in [0.25, 0.3) is 0 Å². The quantitative estimate of drug-likeness (QED) is 0.763. The van der Waals surface area contributed by atoms with E-state index in [-0.39, 0.29) is 0 Å². The third kappa shape index (κ3) is 2.79. The van der Waals surface area contributed by atoms with E-state index in [4.69, 9.17) is 0 Å². The van der Waals surface area contributed by atoms with E-state index in [1.54, 1.807) is 5.56 Å². The topological polar surface area (TPSA) is 3.24 Å². The van der Waals surface area contributed by atoms with Gasteiger partial charge in [0.25, 0.3) is 0 Å². The van der Waals surface area contributed by atoms with Crippen LogP contribution in [0, 0.1) is 11.8 Å². The number of nitrogens with zero attached hydrogens (tertiary/aromatic N) is 1. The van der Waals surface area contributed by atoms with Crippen molar-refractivity contribution in [2.24, 2.45) is 11.8 Å². The lowest BCUT2D eigenvalue weighted by molar-refractivity contribution is 0.0895. The van der Waals surface area contributed by atoms with Crippen molar-refractivity contribution in [2.45, 2.75) is 51.4 Å². The van der Waals surface area contributed by atoms with Crippen LogP contribution in [0.2, 0.25) is 0 Å². The monoisotopic (exact) mass is 271 g/mol. The summed E-state index contributed by atoms with van der Waals surface area (Å²) in [6.07, 6.45) is 6.93. The lowest BCUT2D eigenvalue weighted by Crippen LogP contribution is -2.49. The summed E-state index contributed by atoms with van der Waals surface area (Å²) in [4.78, 5) is 2.74. The van der Waals surface area contributed by atoms with Gasteiger partial charge in [0.15, 0.2) is 0 Å². The molecule has 1 aliphatic carbocycles. The van der Waals surface area contributed by atoms with Crippen LogP contribution in [0.3, 0.4) is 0 Å². The maximum absolute atomic E-state index is 2.74. The molecule has 1 saturated heterocycles. The number of likely N-dealkylation sites (tertiary alicyclic amines) is 1. The molecule has 0 bridgehead atoms. The molecule has 2 atom stereocenters. The van der Waals surface area contributed by atoms with Gasteiger partial charge in [0.2, 0.25) is 0 Å². The average molecular weight is 271 g/mol. The molecule has 2 aliphatic rings. The zero-order valence-electron chi connectivity index (χ0n) is 13.1. The van der Waals surface area contributed by atoms with Crippen molar-refractivity contribution in [1.29, 1.82) is 0 Å². The molecule has 1 aromatic rings. The molecule has 1 aromatic carbocycles. The first-order valence-electron chi connectivity index (χ1n) is 8.52. The number of hydrogen-bond donors (Lipinski definition) is 0. The van der Waals surface area contributed by atoms with Crippen molar-refractivity contribution < 1.29 is 0 Å². The largest absolute Gasteiger partial charge is 0.303 e. The average Bonchev–Trinajstić information content (AvgIpc) is 3.27. The minimum Gasteiger partial charge on any atom is -0.303 e.